The van der Waals surface area contributed by atoms with Gasteiger partial charge in [-0.25, -0.2) is 0 Å². The molecule has 0 radical (unpaired) electrons. The van der Waals surface area contributed by atoms with Crippen LogP contribution in [0.3, 0.4) is 0 Å². The van der Waals surface area contributed by atoms with Gasteiger partial charge in [0, 0.05) is 0 Å². The van der Waals surface area contributed by atoms with Crippen molar-refractivity contribution in [2.24, 2.45) is 0 Å². The van der Waals surface area contributed by atoms with Gasteiger partial charge in [0.2, 0.25) is 0 Å². The van der Waals surface area contributed by atoms with Crippen LogP contribution in [-0.4, -0.2) is 5.11 Å². The molecule has 1 nitrogen and oxygen atoms in total. The summed E-state index contributed by atoms with van der Waals surface area (Å²) in [6.07, 6.45) is 3.77. The summed E-state index contributed by atoms with van der Waals surface area (Å²) in [5.41, 5.74) is 0.924. The van der Waals surface area contributed by atoms with Crippen molar-refractivity contribution in [3.8, 4) is 0 Å². The summed E-state index contributed by atoms with van der Waals surface area (Å²) < 4.78 is 0. The summed E-state index contributed by atoms with van der Waals surface area (Å²) >= 11 is 0. The van der Waals surface area contributed by atoms with E-state index in [-0.39, 0.29) is 0 Å². The average Bonchev–Trinajstić information content (AvgIpc) is 1.67. The summed E-state index contributed by atoms with van der Waals surface area (Å²) in [6, 6.07) is 0. The van der Waals surface area contributed by atoms with E-state index in [1.807, 2.05) is 26.0 Å². The number of allylic oxidation sites excluding steroid dienone is 4. The van der Waals surface area contributed by atoms with Gasteiger partial charge in [-0.2, -0.15) is 0 Å². The maximum atomic E-state index is 8.78. The molecule has 0 heterocycles. The lowest BCUT2D eigenvalue weighted by atomic mass is 10.2. The number of aliphatic hydroxyl groups is 1. The van der Waals surface area contributed by atoms with Crippen molar-refractivity contribution in [1.29, 1.82) is 0 Å². The van der Waals surface area contributed by atoms with Gasteiger partial charge in [-0.3, -0.25) is 0 Å². The topological polar surface area (TPSA) is 20.2 Å². The summed E-state index contributed by atoms with van der Waals surface area (Å²) in [4.78, 5) is 0. The van der Waals surface area contributed by atoms with Gasteiger partial charge in [0.1, 0.15) is 0 Å². The second-order valence-corrected chi connectivity index (χ2v) is 1.77. The minimum Gasteiger partial charge on any atom is -0.512 e. The van der Waals surface area contributed by atoms with Crippen molar-refractivity contribution in [3.63, 3.8) is 0 Å². The van der Waals surface area contributed by atoms with E-state index in [0.29, 0.717) is 5.76 Å². The fourth-order valence-electron chi connectivity index (χ4n) is 0.371. The Balaban J connectivity index is 4.00. The zero-order valence-corrected chi connectivity index (χ0v) is 5.60. The molecule has 1 heteroatoms. The van der Waals surface area contributed by atoms with Crippen LogP contribution in [0.5, 0.6) is 0 Å². The highest BCUT2D eigenvalue weighted by Gasteiger charge is 1.83. The molecule has 46 valence electrons. The summed E-state index contributed by atoms with van der Waals surface area (Å²) in [5, 5.41) is 8.78. The van der Waals surface area contributed by atoms with Crippen molar-refractivity contribution < 1.29 is 5.11 Å². The summed E-state index contributed by atoms with van der Waals surface area (Å²) in [7, 11) is 0. The molecule has 0 unspecified atom stereocenters. The largest absolute Gasteiger partial charge is 0.512 e. The Labute approximate surface area is 50.3 Å². The van der Waals surface area contributed by atoms with Crippen LogP contribution in [0.25, 0.3) is 0 Å². The van der Waals surface area contributed by atoms with Crippen LogP contribution in [0.4, 0.5) is 0 Å². The van der Waals surface area contributed by atoms with E-state index in [9.17, 15) is 0 Å². The second kappa shape index (κ2) is 3.30. The Morgan fingerprint density at radius 2 is 1.88 bits per heavy atom. The van der Waals surface area contributed by atoms with Gasteiger partial charge in [0.15, 0.2) is 0 Å². The van der Waals surface area contributed by atoms with Crippen molar-refractivity contribution in [3.05, 3.63) is 23.5 Å². The Hall–Kier alpha value is -0.720. The van der Waals surface area contributed by atoms with Gasteiger partial charge < -0.3 is 5.11 Å². The molecule has 0 aliphatic heterocycles. The van der Waals surface area contributed by atoms with E-state index < -0.39 is 0 Å². The third kappa shape index (κ3) is 2.45. The molecular weight excluding hydrogens is 100 g/mol. The molecule has 0 rings (SSSR count). The first-order chi connectivity index (χ1) is 3.68. The molecule has 0 saturated carbocycles. The zero-order valence-electron chi connectivity index (χ0n) is 5.60. The van der Waals surface area contributed by atoms with Gasteiger partial charge >= 0.3 is 0 Å². The quantitative estimate of drug-likeness (QED) is 0.408. The van der Waals surface area contributed by atoms with Gasteiger partial charge in [0.25, 0.3) is 0 Å². The van der Waals surface area contributed by atoms with Crippen LogP contribution < -0.4 is 0 Å². The van der Waals surface area contributed by atoms with Gasteiger partial charge in [-0.1, -0.05) is 12.2 Å². The predicted octanol–water partition coefficient (Wildman–Crippen LogP) is 2.41. The van der Waals surface area contributed by atoms with E-state index in [1.165, 1.54) is 0 Å². The molecule has 0 aliphatic carbocycles. The Morgan fingerprint density at radius 3 is 2.00 bits per heavy atom. The van der Waals surface area contributed by atoms with Gasteiger partial charge in [0.05, 0.1) is 5.76 Å². The molecule has 0 aromatic heterocycles. The molecule has 0 atom stereocenters. The highest BCUT2D eigenvalue weighted by Crippen LogP contribution is 1.99. The van der Waals surface area contributed by atoms with E-state index in [2.05, 4.69) is 0 Å². The zero-order chi connectivity index (χ0) is 6.57. The lowest BCUT2D eigenvalue weighted by Gasteiger charge is -1.90. The molecule has 8 heavy (non-hydrogen) atoms. The molecule has 0 aromatic rings. The van der Waals surface area contributed by atoms with Crippen LogP contribution in [-0.2, 0) is 0 Å². The van der Waals surface area contributed by atoms with Crippen molar-refractivity contribution in [1.82, 2.24) is 0 Å². The standard InChI is InChI=1S/C7H12O/c1-4-5-6(2)7(3)8/h4-5,8H,1-3H3/b5-4+,7-6+. The molecule has 0 fully saturated rings. The maximum absolute atomic E-state index is 8.78. The van der Waals surface area contributed by atoms with Crippen molar-refractivity contribution >= 4 is 0 Å². The Bertz CT molecular complexity index is 116. The van der Waals surface area contributed by atoms with Crippen molar-refractivity contribution in [2.45, 2.75) is 20.8 Å². The van der Waals surface area contributed by atoms with Crippen LogP contribution >= 0.6 is 0 Å². The van der Waals surface area contributed by atoms with Crippen molar-refractivity contribution in [2.75, 3.05) is 0 Å². The lowest BCUT2D eigenvalue weighted by molar-refractivity contribution is 0.409. The fourth-order valence-corrected chi connectivity index (χ4v) is 0.371. The number of hydrogen-bond donors (Lipinski definition) is 1. The highest BCUT2D eigenvalue weighted by atomic mass is 16.3. The number of aliphatic hydroxyl groups excluding tert-OH is 1. The average molecular weight is 112 g/mol. The highest BCUT2D eigenvalue weighted by molar-refractivity contribution is 5.17. The molecule has 0 spiro atoms. The molecule has 0 amide bonds. The SMILES string of the molecule is C/C=C/C(C)=C(\C)O. The van der Waals surface area contributed by atoms with Gasteiger partial charge in [-0.05, 0) is 26.3 Å². The first-order valence-electron chi connectivity index (χ1n) is 2.67. The molecule has 1 N–H and O–H groups in total. The lowest BCUT2D eigenvalue weighted by Crippen LogP contribution is -1.75. The van der Waals surface area contributed by atoms with Crippen LogP contribution in [0.2, 0.25) is 0 Å². The van der Waals surface area contributed by atoms with E-state index >= 15 is 0 Å². The summed E-state index contributed by atoms with van der Waals surface area (Å²) in [6.45, 7) is 5.47. The Morgan fingerprint density at radius 1 is 1.38 bits per heavy atom. The molecular formula is C7H12O. The minimum absolute atomic E-state index is 0.392. The van der Waals surface area contributed by atoms with Gasteiger partial charge in [-0.15, -0.1) is 0 Å². The molecule has 0 bridgehead atoms. The molecule has 0 saturated heterocycles. The minimum atomic E-state index is 0.392. The smallest absolute Gasteiger partial charge is 0.0920 e. The molecule has 0 aromatic carbocycles. The van der Waals surface area contributed by atoms with Crippen LogP contribution in [0.15, 0.2) is 23.5 Å². The van der Waals surface area contributed by atoms with E-state index in [1.54, 1.807) is 6.92 Å². The summed E-state index contributed by atoms with van der Waals surface area (Å²) in [5.74, 6) is 0.392. The second-order valence-electron chi connectivity index (χ2n) is 1.77. The Kier molecular flexibility index (Phi) is 3.01. The third-order valence-corrected chi connectivity index (χ3v) is 0.987. The predicted molar refractivity (Wildman–Crippen MR) is 35.8 cm³/mol. The number of rotatable bonds is 1. The third-order valence-electron chi connectivity index (χ3n) is 0.987. The molecule has 0 aliphatic rings. The van der Waals surface area contributed by atoms with E-state index in [0.717, 1.165) is 5.57 Å². The maximum Gasteiger partial charge on any atom is 0.0920 e. The first-order valence-corrected chi connectivity index (χ1v) is 2.67. The first kappa shape index (κ1) is 7.28. The van der Waals surface area contributed by atoms with Crippen LogP contribution in [0, 0.1) is 0 Å². The number of hydrogen-bond acceptors (Lipinski definition) is 1. The van der Waals surface area contributed by atoms with E-state index in [4.69, 9.17) is 5.11 Å². The monoisotopic (exact) mass is 112 g/mol. The normalized spacial score (nSPS) is 14.4. The fraction of sp³-hybridized carbons (Fsp3) is 0.429. The van der Waals surface area contributed by atoms with Crippen LogP contribution in [0.1, 0.15) is 20.8 Å².